The number of amidine groups is 1. The molecule has 41 heavy (non-hydrogen) atoms. The number of aromatic amines is 1. The van der Waals surface area contributed by atoms with Crippen LogP contribution in [-0.2, 0) is 6.54 Å². The zero-order chi connectivity index (χ0) is 29.4. The molecular weight excluding hydrogens is 526 g/mol. The predicted octanol–water partition coefficient (Wildman–Crippen LogP) is 6.27. The van der Waals surface area contributed by atoms with Gasteiger partial charge in [0.1, 0.15) is 40.7 Å². The Morgan fingerprint density at radius 2 is 1.44 bits per heavy atom. The maximum Gasteiger partial charge on any atom is 0.183 e. The van der Waals surface area contributed by atoms with Crippen LogP contribution in [0.4, 0.5) is 26.2 Å². The van der Waals surface area contributed by atoms with Crippen LogP contribution in [-0.4, -0.2) is 41.0 Å². The summed E-state index contributed by atoms with van der Waals surface area (Å²) >= 11 is 0. The second-order valence-electron chi connectivity index (χ2n) is 9.94. The van der Waals surface area contributed by atoms with Gasteiger partial charge in [-0.1, -0.05) is 0 Å². The summed E-state index contributed by atoms with van der Waals surface area (Å²) in [4.78, 5) is 25.6. The zero-order valence-corrected chi connectivity index (χ0v) is 23.9. The lowest BCUT2D eigenvalue weighted by Crippen LogP contribution is -2.15. The van der Waals surface area contributed by atoms with E-state index >= 15 is 0 Å². The fourth-order valence-electron chi connectivity index (χ4n) is 4.42. The van der Waals surface area contributed by atoms with Crippen molar-refractivity contribution in [3.05, 3.63) is 86.9 Å². The van der Waals surface area contributed by atoms with E-state index in [1.165, 1.54) is 29.5 Å². The molecule has 0 saturated carbocycles. The first-order chi connectivity index (χ1) is 19.5. The van der Waals surface area contributed by atoms with E-state index in [-0.39, 0.29) is 8.67 Å². The van der Waals surface area contributed by atoms with E-state index in [1.54, 1.807) is 0 Å². The molecule has 12 heteroatoms. The zero-order valence-electron chi connectivity index (χ0n) is 23.9. The van der Waals surface area contributed by atoms with Gasteiger partial charge in [0.25, 0.3) is 0 Å². The Balaban J connectivity index is 0.000000225. The Bertz CT molecular complexity index is 1840. The molecule has 1 aliphatic heterocycles. The Morgan fingerprint density at radius 3 is 2.22 bits per heavy atom. The second-order valence-corrected chi connectivity index (χ2v) is 9.94. The number of nitrogens with one attached hydrogen (secondary N) is 3. The molecule has 3 N–H and O–H groups in total. The number of aryl methyl sites for hydroxylation is 3. The summed E-state index contributed by atoms with van der Waals surface area (Å²) in [5, 5.41) is 13.8. The van der Waals surface area contributed by atoms with Crippen molar-refractivity contribution in [2.24, 2.45) is 4.99 Å². The van der Waals surface area contributed by atoms with Gasteiger partial charge in [0.05, 0.1) is 30.0 Å². The molecule has 5 aromatic heterocycles. The molecule has 0 atom stereocenters. The number of fused-ring (bicyclic) bond motifs is 2. The average Bonchev–Trinajstić information content (AvgIpc) is 3.52. The maximum absolute atomic E-state index is 13.4. The highest BCUT2D eigenvalue weighted by Crippen LogP contribution is 2.26. The quantitative estimate of drug-likeness (QED) is 0.235. The van der Waals surface area contributed by atoms with Crippen LogP contribution >= 0.6 is 0 Å². The minimum absolute atomic E-state index is 0. The van der Waals surface area contributed by atoms with Gasteiger partial charge in [0.15, 0.2) is 5.65 Å². The summed E-state index contributed by atoms with van der Waals surface area (Å²) in [5.74, 6) is 2.54. The Hall–Kier alpha value is -4.87. The molecule has 0 saturated heterocycles. The molecule has 0 aliphatic carbocycles. The molecule has 0 amide bonds. The first-order valence-corrected chi connectivity index (χ1v) is 13.0. The van der Waals surface area contributed by atoms with Crippen LogP contribution in [0.2, 0.25) is 0 Å². The van der Waals surface area contributed by atoms with Gasteiger partial charge in [-0.25, -0.2) is 28.7 Å². The van der Waals surface area contributed by atoms with Crippen molar-refractivity contribution in [3.63, 3.8) is 0 Å². The summed E-state index contributed by atoms with van der Waals surface area (Å²) in [6, 6.07) is 2.84. The van der Waals surface area contributed by atoms with E-state index in [9.17, 15) is 8.78 Å². The third kappa shape index (κ3) is 5.58. The maximum atomic E-state index is 13.4. The molecule has 214 valence electrons. The van der Waals surface area contributed by atoms with Crippen LogP contribution < -0.4 is 10.6 Å². The van der Waals surface area contributed by atoms with Crippen LogP contribution in [0.25, 0.3) is 11.0 Å². The third-order valence-corrected chi connectivity index (χ3v) is 7.24. The number of rotatable bonds is 3. The number of anilines is 3. The molecule has 6 rings (SSSR count). The van der Waals surface area contributed by atoms with Gasteiger partial charge in [-0.2, -0.15) is 5.10 Å². The van der Waals surface area contributed by atoms with Crippen molar-refractivity contribution >= 4 is 34.3 Å². The normalized spacial score (nSPS) is 12.1. The smallest absolute Gasteiger partial charge is 0.183 e. The minimum Gasteiger partial charge on any atom is -0.324 e. The minimum atomic E-state index is -0.409. The molecule has 10 nitrogen and oxygen atoms in total. The van der Waals surface area contributed by atoms with E-state index in [2.05, 4.69) is 64.6 Å². The van der Waals surface area contributed by atoms with Gasteiger partial charge in [-0.15, -0.1) is 0 Å². The van der Waals surface area contributed by atoms with Crippen molar-refractivity contribution in [1.29, 1.82) is 0 Å². The van der Waals surface area contributed by atoms with Gasteiger partial charge >= 0.3 is 0 Å². The lowest BCUT2D eigenvalue weighted by atomic mass is 10.0. The first-order valence-electron chi connectivity index (χ1n) is 13.0. The summed E-state index contributed by atoms with van der Waals surface area (Å²) in [5.41, 5.74) is 8.25. The standard InChI is InChI=1S/C16H17FN4.C13H13FN6.2H2/c1-8-9(2)11(4)20-15(10(8)3)21-16-13-5-12(17)6-18-14(13)7-19-16;1-6-7(2)16-8(3)17-11(6)18-13-10-4-9(14)5-15-12(10)19-20-13;;/h5-6H,7H2,1-4H3,(H,19,20,21);4-5H,1-3H3,(H2,15,16,17,18,19,20);2*1H/i;;2*1+1. The number of nitrogens with zero attached hydrogens (tertiary/aromatic N) is 7. The van der Waals surface area contributed by atoms with E-state index < -0.39 is 5.82 Å². The fourth-order valence-corrected chi connectivity index (χ4v) is 4.42. The molecule has 5 aromatic rings. The van der Waals surface area contributed by atoms with Crippen molar-refractivity contribution in [1.82, 2.24) is 35.1 Å². The van der Waals surface area contributed by atoms with Crippen molar-refractivity contribution in [3.8, 4) is 0 Å². The summed E-state index contributed by atoms with van der Waals surface area (Å²) in [6.45, 7) is 14.3. The van der Waals surface area contributed by atoms with Crippen LogP contribution in [0.3, 0.4) is 0 Å². The van der Waals surface area contributed by atoms with E-state index in [1.807, 2.05) is 34.6 Å². The number of hydrogen-bond donors (Lipinski definition) is 3. The van der Waals surface area contributed by atoms with Gasteiger partial charge in [0.2, 0.25) is 0 Å². The molecule has 0 unspecified atom stereocenters. The van der Waals surface area contributed by atoms with Crippen molar-refractivity contribution in [2.75, 3.05) is 10.6 Å². The molecule has 0 spiro atoms. The van der Waals surface area contributed by atoms with Crippen LogP contribution in [0.5, 0.6) is 0 Å². The van der Waals surface area contributed by atoms with Gasteiger partial charge in [-0.05, 0) is 77.3 Å². The number of halogens is 2. The Labute approximate surface area is 238 Å². The first kappa shape index (κ1) is 27.7. The number of pyridine rings is 3. The highest BCUT2D eigenvalue weighted by molar-refractivity contribution is 6.10. The van der Waals surface area contributed by atoms with E-state index in [0.717, 1.165) is 40.2 Å². The highest BCUT2D eigenvalue weighted by atomic mass is 19.1. The average molecular weight is 563 g/mol. The van der Waals surface area contributed by atoms with Crippen LogP contribution in [0.1, 0.15) is 53.6 Å². The molecule has 1 aliphatic rings. The van der Waals surface area contributed by atoms with Gasteiger partial charge < -0.3 is 10.6 Å². The monoisotopic (exact) mass is 562 g/mol. The van der Waals surface area contributed by atoms with Crippen LogP contribution in [0.15, 0.2) is 29.5 Å². The summed E-state index contributed by atoms with van der Waals surface area (Å²) in [6.07, 6.45) is 2.36. The van der Waals surface area contributed by atoms with Gasteiger partial charge in [-0.3, -0.25) is 15.1 Å². The van der Waals surface area contributed by atoms with Crippen molar-refractivity contribution < 1.29 is 11.6 Å². The number of hydrogen-bond acceptors (Lipinski definition) is 9. The Kier molecular flexibility index (Phi) is 7.40. The number of aromatic nitrogens is 7. The molecule has 6 heterocycles. The lowest BCUT2D eigenvalue weighted by molar-refractivity contribution is 0.619. The molecule has 0 fully saturated rings. The van der Waals surface area contributed by atoms with E-state index in [4.69, 9.17) is 0 Å². The SMILES string of the molecule is Cc1nc(C)c(C)c(Nc2[nH]nc3ncc(F)cc23)n1.Cc1nc(NC2=NCc3ncc(F)cc32)c(C)c(C)c1C.[2HH].[2HH]. The number of H-pyrrole nitrogens is 1. The fraction of sp³-hybridized carbons (Fsp3) is 0.276. The summed E-state index contributed by atoms with van der Waals surface area (Å²) in [7, 11) is 0. The Morgan fingerprint density at radius 1 is 0.756 bits per heavy atom. The second kappa shape index (κ2) is 11.0. The molecule has 0 bridgehead atoms. The molecular formula is C29H34F2N10. The van der Waals surface area contributed by atoms with Gasteiger partial charge in [0, 0.05) is 25.4 Å². The molecule has 0 aromatic carbocycles. The topological polar surface area (TPSA) is 130 Å². The largest absolute Gasteiger partial charge is 0.324 e. The third-order valence-electron chi connectivity index (χ3n) is 7.24. The van der Waals surface area contributed by atoms with E-state index in [0.29, 0.717) is 46.4 Å². The lowest BCUT2D eigenvalue weighted by Gasteiger charge is -2.15. The number of aliphatic imine (C=N–C) groups is 1. The van der Waals surface area contributed by atoms with Crippen molar-refractivity contribution in [2.45, 2.75) is 55.0 Å². The van der Waals surface area contributed by atoms with Crippen LogP contribution in [0, 0.1) is 60.1 Å². The highest BCUT2D eigenvalue weighted by Gasteiger charge is 2.20. The predicted molar refractivity (Wildman–Crippen MR) is 159 cm³/mol. The summed E-state index contributed by atoms with van der Waals surface area (Å²) < 4.78 is 26.7. The molecule has 0 radical (unpaired) electrons.